The summed E-state index contributed by atoms with van der Waals surface area (Å²) in [7, 11) is 0. The van der Waals surface area contributed by atoms with Gasteiger partial charge in [-0.1, -0.05) is 31.1 Å². The Morgan fingerprint density at radius 3 is 2.74 bits per heavy atom. The summed E-state index contributed by atoms with van der Waals surface area (Å²) >= 11 is 0. The Hall–Kier alpha value is -2.59. The standard InChI is InChI=1S/C17H20N4O2/c1-11-6-12(9-20-21-18)4-5-14(11)19-10-13-15(22)7-17(2,3)8-16(13)23/h4-6,10,22H,7-9H2,1-3H3. The van der Waals surface area contributed by atoms with Crippen LogP contribution in [-0.2, 0) is 11.3 Å². The van der Waals surface area contributed by atoms with Crippen LogP contribution in [-0.4, -0.2) is 17.1 Å². The van der Waals surface area contributed by atoms with Crippen molar-refractivity contribution in [1.29, 1.82) is 0 Å². The van der Waals surface area contributed by atoms with E-state index in [0.29, 0.717) is 30.6 Å². The van der Waals surface area contributed by atoms with E-state index in [2.05, 4.69) is 15.0 Å². The number of aliphatic hydroxyl groups is 1. The first-order valence-corrected chi connectivity index (χ1v) is 7.42. The lowest BCUT2D eigenvalue weighted by Gasteiger charge is -2.28. The molecule has 1 aromatic carbocycles. The van der Waals surface area contributed by atoms with Crippen LogP contribution in [0.3, 0.4) is 0 Å². The maximum Gasteiger partial charge on any atom is 0.168 e. The van der Waals surface area contributed by atoms with Gasteiger partial charge < -0.3 is 5.11 Å². The quantitative estimate of drug-likeness (QED) is 0.377. The lowest BCUT2D eigenvalue weighted by molar-refractivity contribution is -0.117. The van der Waals surface area contributed by atoms with Gasteiger partial charge in [-0.05, 0) is 35.1 Å². The van der Waals surface area contributed by atoms with Crippen molar-refractivity contribution in [3.05, 3.63) is 51.1 Å². The van der Waals surface area contributed by atoms with Crippen LogP contribution in [0.1, 0.15) is 37.8 Å². The molecule has 0 aliphatic heterocycles. The fourth-order valence-corrected chi connectivity index (χ4v) is 2.66. The average Bonchev–Trinajstić information content (AvgIpc) is 2.44. The molecule has 6 nitrogen and oxygen atoms in total. The van der Waals surface area contributed by atoms with E-state index in [9.17, 15) is 9.90 Å². The number of allylic oxidation sites excluding steroid dienone is 2. The zero-order valence-electron chi connectivity index (χ0n) is 13.6. The molecule has 0 atom stereocenters. The molecular formula is C17H20N4O2. The summed E-state index contributed by atoms with van der Waals surface area (Å²) in [5.74, 6) is 0.0211. The van der Waals surface area contributed by atoms with Crippen molar-refractivity contribution in [3.8, 4) is 0 Å². The molecule has 2 rings (SSSR count). The Morgan fingerprint density at radius 1 is 1.39 bits per heavy atom. The molecule has 1 aliphatic carbocycles. The molecule has 0 aromatic heterocycles. The minimum atomic E-state index is -0.211. The van der Waals surface area contributed by atoms with Crippen LogP contribution < -0.4 is 0 Å². The highest BCUT2D eigenvalue weighted by Crippen LogP contribution is 2.35. The summed E-state index contributed by atoms with van der Waals surface area (Å²) in [6.07, 6.45) is 2.33. The molecule has 0 radical (unpaired) electrons. The predicted octanol–water partition coefficient (Wildman–Crippen LogP) is 4.71. The van der Waals surface area contributed by atoms with Crippen LogP contribution in [0.15, 0.2) is 39.6 Å². The Labute approximate surface area is 135 Å². The first-order valence-electron chi connectivity index (χ1n) is 7.42. The zero-order valence-corrected chi connectivity index (χ0v) is 13.6. The first-order chi connectivity index (χ1) is 10.8. The average molecular weight is 312 g/mol. The number of azide groups is 1. The van der Waals surface area contributed by atoms with Crippen molar-refractivity contribution in [2.24, 2.45) is 15.5 Å². The highest BCUT2D eigenvalue weighted by Gasteiger charge is 2.32. The van der Waals surface area contributed by atoms with Gasteiger partial charge in [0.1, 0.15) is 5.76 Å². The second-order valence-electron chi connectivity index (χ2n) is 6.57. The molecule has 0 heterocycles. The van der Waals surface area contributed by atoms with Gasteiger partial charge >= 0.3 is 0 Å². The normalized spacial score (nSPS) is 17.4. The molecule has 1 N–H and O–H groups in total. The van der Waals surface area contributed by atoms with E-state index in [-0.39, 0.29) is 17.0 Å². The SMILES string of the molecule is Cc1cc(CN=[N+]=[N-])ccc1N=CC1=C(O)CC(C)(C)CC1=O. The maximum atomic E-state index is 12.1. The van der Waals surface area contributed by atoms with E-state index in [0.717, 1.165) is 11.1 Å². The van der Waals surface area contributed by atoms with Crippen LogP contribution in [0.4, 0.5) is 5.69 Å². The third-order valence-electron chi connectivity index (χ3n) is 3.81. The second-order valence-corrected chi connectivity index (χ2v) is 6.57. The number of carbonyl (C=O) groups excluding carboxylic acids is 1. The van der Waals surface area contributed by atoms with Gasteiger partial charge in [-0.15, -0.1) is 0 Å². The fourth-order valence-electron chi connectivity index (χ4n) is 2.66. The molecule has 0 saturated carbocycles. The molecular weight excluding hydrogens is 292 g/mol. The van der Waals surface area contributed by atoms with Crippen molar-refractivity contribution in [2.45, 2.75) is 40.2 Å². The number of benzene rings is 1. The number of nitrogens with zero attached hydrogens (tertiary/aromatic N) is 4. The summed E-state index contributed by atoms with van der Waals surface area (Å²) in [4.78, 5) is 19.2. The molecule has 0 unspecified atom stereocenters. The molecule has 0 saturated heterocycles. The van der Waals surface area contributed by atoms with Gasteiger partial charge in [-0.2, -0.15) is 0 Å². The van der Waals surface area contributed by atoms with Crippen LogP contribution in [0.2, 0.25) is 0 Å². The zero-order chi connectivity index (χ0) is 17.0. The van der Waals surface area contributed by atoms with E-state index >= 15 is 0 Å². The Balaban J connectivity index is 2.23. The number of hydrogen-bond acceptors (Lipinski definition) is 4. The Morgan fingerprint density at radius 2 is 2.13 bits per heavy atom. The number of aliphatic imine (C=N–C) groups is 1. The van der Waals surface area contributed by atoms with Crippen molar-refractivity contribution in [2.75, 3.05) is 0 Å². The summed E-state index contributed by atoms with van der Waals surface area (Å²) < 4.78 is 0. The van der Waals surface area contributed by atoms with Crippen LogP contribution in [0, 0.1) is 12.3 Å². The van der Waals surface area contributed by atoms with Gasteiger partial charge in [-0.25, -0.2) is 0 Å². The molecule has 0 spiro atoms. The highest BCUT2D eigenvalue weighted by atomic mass is 16.3. The van der Waals surface area contributed by atoms with E-state index in [4.69, 9.17) is 5.53 Å². The van der Waals surface area contributed by atoms with Crippen LogP contribution in [0.5, 0.6) is 0 Å². The number of rotatable bonds is 4. The van der Waals surface area contributed by atoms with Crippen LogP contribution in [0.25, 0.3) is 10.4 Å². The van der Waals surface area contributed by atoms with Gasteiger partial charge in [0, 0.05) is 24.0 Å². The molecule has 120 valence electrons. The highest BCUT2D eigenvalue weighted by molar-refractivity contribution is 6.14. The summed E-state index contributed by atoms with van der Waals surface area (Å²) in [5, 5.41) is 13.6. The lowest BCUT2D eigenvalue weighted by Crippen LogP contribution is -2.26. The molecule has 1 aromatic rings. The van der Waals surface area contributed by atoms with E-state index < -0.39 is 0 Å². The van der Waals surface area contributed by atoms with E-state index in [1.807, 2.05) is 39.0 Å². The second kappa shape index (κ2) is 6.67. The largest absolute Gasteiger partial charge is 0.511 e. The third kappa shape index (κ3) is 4.20. The van der Waals surface area contributed by atoms with Crippen molar-refractivity contribution < 1.29 is 9.90 Å². The number of hydrogen-bond donors (Lipinski definition) is 1. The van der Waals surface area contributed by atoms with Gasteiger partial charge in [0.15, 0.2) is 5.78 Å². The van der Waals surface area contributed by atoms with Crippen LogP contribution >= 0.6 is 0 Å². The molecule has 0 fully saturated rings. The van der Waals surface area contributed by atoms with Gasteiger partial charge in [0.2, 0.25) is 0 Å². The van der Waals surface area contributed by atoms with Crippen molar-refractivity contribution in [1.82, 2.24) is 0 Å². The maximum absolute atomic E-state index is 12.1. The van der Waals surface area contributed by atoms with Gasteiger partial charge in [0.05, 0.1) is 17.8 Å². The molecule has 0 amide bonds. The summed E-state index contributed by atoms with van der Waals surface area (Å²) in [5.41, 5.74) is 11.0. The van der Waals surface area contributed by atoms with E-state index in [1.54, 1.807) is 0 Å². The molecule has 0 bridgehead atoms. The topological polar surface area (TPSA) is 98.4 Å². The summed E-state index contributed by atoms with van der Waals surface area (Å²) in [6, 6.07) is 5.53. The Kier molecular flexibility index (Phi) is 4.86. The van der Waals surface area contributed by atoms with Crippen molar-refractivity contribution in [3.63, 3.8) is 0 Å². The van der Waals surface area contributed by atoms with Crippen molar-refractivity contribution >= 4 is 17.7 Å². The third-order valence-corrected chi connectivity index (χ3v) is 3.81. The first kappa shape index (κ1) is 16.8. The molecule has 23 heavy (non-hydrogen) atoms. The minimum absolute atomic E-state index is 0.0832. The lowest BCUT2D eigenvalue weighted by atomic mass is 9.77. The number of Topliss-reactive ketones (excluding diaryl/α,β-unsaturated/α-hetero) is 1. The Bertz CT molecular complexity index is 741. The van der Waals surface area contributed by atoms with Gasteiger partial charge in [0.25, 0.3) is 0 Å². The molecule has 6 heteroatoms. The predicted molar refractivity (Wildman–Crippen MR) is 89.9 cm³/mol. The number of aryl methyl sites for hydroxylation is 1. The molecule has 1 aliphatic rings. The van der Waals surface area contributed by atoms with Gasteiger partial charge in [-0.3, -0.25) is 9.79 Å². The van der Waals surface area contributed by atoms with E-state index in [1.165, 1.54) is 6.21 Å². The summed E-state index contributed by atoms with van der Waals surface area (Å²) in [6.45, 7) is 6.11. The minimum Gasteiger partial charge on any atom is -0.511 e. The number of carbonyl (C=O) groups is 1. The monoisotopic (exact) mass is 312 g/mol. The smallest absolute Gasteiger partial charge is 0.168 e. The number of aliphatic hydroxyl groups excluding tert-OH is 1. The number of ketones is 1. The fraction of sp³-hybridized carbons (Fsp3) is 0.412.